The van der Waals surface area contributed by atoms with E-state index in [0.717, 1.165) is 17.1 Å². The van der Waals surface area contributed by atoms with Gasteiger partial charge in [-0.1, -0.05) is 43.3 Å². The van der Waals surface area contributed by atoms with Crippen molar-refractivity contribution in [3.8, 4) is 17.2 Å². The molecule has 0 spiro atoms. The number of carbonyl (C=O) groups is 2. The maximum Gasteiger partial charge on any atom is 0.258 e. The summed E-state index contributed by atoms with van der Waals surface area (Å²) in [6.07, 6.45) is 2.78. The molecule has 1 aliphatic rings. The van der Waals surface area contributed by atoms with Crippen molar-refractivity contribution in [2.75, 3.05) is 32.1 Å². The molecule has 2 amide bonds. The maximum atomic E-state index is 13.7. The molecule has 1 unspecified atom stereocenters. The molecule has 1 aromatic heterocycles. The molecule has 3 aromatic carbocycles. The van der Waals surface area contributed by atoms with Crippen LogP contribution < -0.4 is 14.8 Å². The highest BCUT2D eigenvalue weighted by atomic mass is 16.5. The Bertz CT molecular complexity index is 1550. The summed E-state index contributed by atoms with van der Waals surface area (Å²) < 4.78 is 12.6. The molecule has 5 rings (SSSR count). The van der Waals surface area contributed by atoms with Gasteiger partial charge in [-0.2, -0.15) is 0 Å². The molecule has 1 aliphatic heterocycles. The number of hydrogen-bond acceptors (Lipinski definition) is 7. The van der Waals surface area contributed by atoms with Crippen molar-refractivity contribution in [1.29, 1.82) is 0 Å². The molecule has 228 valence electrons. The van der Waals surface area contributed by atoms with Crippen LogP contribution in [0.15, 0.2) is 97.3 Å². The highest BCUT2D eigenvalue weighted by molar-refractivity contribution is 6.07. The maximum absolute atomic E-state index is 13.7. The fourth-order valence-electron chi connectivity index (χ4n) is 5.23. The van der Waals surface area contributed by atoms with Gasteiger partial charge in [0, 0.05) is 43.5 Å². The third kappa shape index (κ3) is 7.42. The lowest BCUT2D eigenvalue weighted by Gasteiger charge is -2.38. The molecular formula is C35H38N4O5. The Morgan fingerprint density at radius 3 is 2.45 bits per heavy atom. The van der Waals surface area contributed by atoms with Crippen LogP contribution >= 0.6 is 0 Å². The first-order valence-corrected chi connectivity index (χ1v) is 14.8. The van der Waals surface area contributed by atoms with Crippen LogP contribution in [0.25, 0.3) is 0 Å². The van der Waals surface area contributed by atoms with Gasteiger partial charge in [-0.15, -0.1) is 0 Å². The summed E-state index contributed by atoms with van der Waals surface area (Å²) >= 11 is 0. The van der Waals surface area contributed by atoms with Crippen LogP contribution in [-0.2, 0) is 6.54 Å². The van der Waals surface area contributed by atoms with E-state index in [1.807, 2.05) is 75.5 Å². The Hall–Kier alpha value is -4.73. The second-order valence-electron chi connectivity index (χ2n) is 11.3. The molecule has 2 N–H and O–H groups in total. The van der Waals surface area contributed by atoms with Crippen LogP contribution in [-0.4, -0.2) is 70.6 Å². The Kier molecular flexibility index (Phi) is 9.89. The minimum absolute atomic E-state index is 0.0749. The fourth-order valence-corrected chi connectivity index (χ4v) is 5.23. The average Bonchev–Trinajstić information content (AvgIpc) is 3.04. The minimum Gasteiger partial charge on any atom is -0.486 e. The largest absolute Gasteiger partial charge is 0.486 e. The smallest absolute Gasteiger partial charge is 0.258 e. The van der Waals surface area contributed by atoms with E-state index in [2.05, 4.69) is 15.2 Å². The first-order valence-electron chi connectivity index (χ1n) is 14.8. The van der Waals surface area contributed by atoms with Gasteiger partial charge in [-0.25, -0.2) is 0 Å². The molecule has 0 saturated heterocycles. The van der Waals surface area contributed by atoms with E-state index in [-0.39, 0.29) is 36.5 Å². The minimum atomic E-state index is -0.388. The zero-order chi connectivity index (χ0) is 31.1. The Balaban J connectivity index is 1.36. The highest BCUT2D eigenvalue weighted by Crippen LogP contribution is 2.35. The van der Waals surface area contributed by atoms with Gasteiger partial charge in [0.05, 0.1) is 23.9 Å². The number of pyridine rings is 1. The van der Waals surface area contributed by atoms with Gasteiger partial charge in [0.1, 0.15) is 17.6 Å². The molecule has 0 aliphatic carbocycles. The third-order valence-corrected chi connectivity index (χ3v) is 7.73. The van der Waals surface area contributed by atoms with Crippen LogP contribution in [0, 0.1) is 5.92 Å². The van der Waals surface area contributed by atoms with E-state index in [0.29, 0.717) is 42.2 Å². The topological polar surface area (TPSA) is 104 Å². The van der Waals surface area contributed by atoms with Crippen molar-refractivity contribution in [2.45, 2.75) is 32.5 Å². The lowest BCUT2D eigenvalue weighted by atomic mass is 9.98. The van der Waals surface area contributed by atoms with Crippen LogP contribution in [0.3, 0.4) is 0 Å². The van der Waals surface area contributed by atoms with E-state index < -0.39 is 0 Å². The Labute approximate surface area is 258 Å². The first-order chi connectivity index (χ1) is 21.3. The average molecular weight is 595 g/mol. The van der Waals surface area contributed by atoms with Gasteiger partial charge >= 0.3 is 0 Å². The molecule has 0 radical (unpaired) electrons. The highest BCUT2D eigenvalue weighted by Gasteiger charge is 2.34. The fraction of sp³-hybridized carbons (Fsp3) is 0.286. The normalized spacial score (nSPS) is 17.2. The number of carbonyl (C=O) groups excluding carboxylic acids is 2. The first kappa shape index (κ1) is 30.7. The molecule has 4 aromatic rings. The number of rotatable bonds is 10. The number of aromatic nitrogens is 1. The number of benzene rings is 3. The zero-order valence-electron chi connectivity index (χ0n) is 25.2. The predicted octanol–water partition coefficient (Wildman–Crippen LogP) is 5.48. The van der Waals surface area contributed by atoms with Gasteiger partial charge in [-0.3, -0.25) is 19.5 Å². The summed E-state index contributed by atoms with van der Waals surface area (Å²) in [6, 6.07) is 25.7. The quantitative estimate of drug-likeness (QED) is 0.251. The molecule has 9 heteroatoms. The van der Waals surface area contributed by atoms with Crippen LogP contribution in [0.1, 0.15) is 40.1 Å². The summed E-state index contributed by atoms with van der Waals surface area (Å²) in [5.74, 6) is 1.21. The Morgan fingerprint density at radius 2 is 1.75 bits per heavy atom. The van der Waals surface area contributed by atoms with Crippen molar-refractivity contribution in [3.05, 3.63) is 114 Å². The van der Waals surface area contributed by atoms with Crippen molar-refractivity contribution in [3.63, 3.8) is 0 Å². The number of hydrogen-bond donors (Lipinski definition) is 2. The van der Waals surface area contributed by atoms with Crippen molar-refractivity contribution in [1.82, 2.24) is 14.8 Å². The van der Waals surface area contributed by atoms with E-state index in [4.69, 9.17) is 9.47 Å². The lowest BCUT2D eigenvalue weighted by Crippen LogP contribution is -2.49. The number of fused-ring (bicyclic) bond motifs is 1. The van der Waals surface area contributed by atoms with E-state index in [1.165, 1.54) is 0 Å². The molecule has 2 heterocycles. The molecule has 9 nitrogen and oxygen atoms in total. The summed E-state index contributed by atoms with van der Waals surface area (Å²) in [4.78, 5) is 34.7. The van der Waals surface area contributed by atoms with Crippen molar-refractivity contribution in [2.24, 2.45) is 5.92 Å². The molecule has 3 atom stereocenters. The van der Waals surface area contributed by atoms with Gasteiger partial charge in [0.15, 0.2) is 5.75 Å². The zero-order valence-corrected chi connectivity index (χ0v) is 25.2. The van der Waals surface area contributed by atoms with Crippen LogP contribution in [0.4, 0.5) is 5.69 Å². The molecule has 0 fully saturated rings. The molecule has 0 bridgehead atoms. The molecule has 0 saturated carbocycles. The number of nitrogens with zero attached hydrogens (tertiary/aromatic N) is 3. The number of aliphatic hydroxyl groups is 1. The summed E-state index contributed by atoms with van der Waals surface area (Å²) in [5, 5.41) is 12.9. The van der Waals surface area contributed by atoms with Crippen molar-refractivity contribution < 1.29 is 24.2 Å². The summed E-state index contributed by atoms with van der Waals surface area (Å²) in [5.41, 5.74) is 2.30. The van der Waals surface area contributed by atoms with Gasteiger partial charge in [-0.05, 0) is 68.1 Å². The standard InChI is InChI=1S/C35H38N4O5/c1-24-20-39(25(2)23-40)35(42)30-10-7-11-31(37-34(41)27-16-18-36-19-17-27)33(30)44-32(24)22-38(3)21-26-12-14-29(15-13-26)43-28-8-5-4-6-9-28/h4-19,24-25,32,40H,20-23H2,1-3H3,(H,37,41)/t24-,25?,32+/m1/s1. The van der Waals surface area contributed by atoms with Gasteiger partial charge in [0.25, 0.3) is 11.8 Å². The van der Waals surface area contributed by atoms with Crippen LogP contribution in [0.5, 0.6) is 17.2 Å². The number of para-hydroxylation sites is 2. The van der Waals surface area contributed by atoms with Gasteiger partial charge in [0.2, 0.25) is 0 Å². The third-order valence-electron chi connectivity index (χ3n) is 7.73. The SMILES string of the molecule is CC(CO)N1C[C@@H](C)[C@H](CN(C)Cc2ccc(Oc3ccccc3)cc2)Oc2c(NC(=O)c3ccncc3)cccc2C1=O. The number of anilines is 1. The monoisotopic (exact) mass is 594 g/mol. The number of amides is 2. The number of ether oxygens (including phenoxy) is 2. The second kappa shape index (κ2) is 14.2. The van der Waals surface area contributed by atoms with Crippen LogP contribution in [0.2, 0.25) is 0 Å². The number of aliphatic hydroxyl groups excluding tert-OH is 1. The van der Waals surface area contributed by atoms with Crippen molar-refractivity contribution >= 4 is 17.5 Å². The van der Waals surface area contributed by atoms with Gasteiger partial charge < -0.3 is 24.8 Å². The predicted molar refractivity (Wildman–Crippen MR) is 169 cm³/mol. The molecule has 44 heavy (non-hydrogen) atoms. The number of nitrogens with one attached hydrogen (secondary N) is 1. The summed E-state index contributed by atoms with van der Waals surface area (Å²) in [7, 11) is 2.03. The molecular weight excluding hydrogens is 556 g/mol. The second-order valence-corrected chi connectivity index (χ2v) is 11.3. The Morgan fingerprint density at radius 1 is 1.05 bits per heavy atom. The van der Waals surface area contributed by atoms with E-state index in [1.54, 1.807) is 47.6 Å². The number of likely N-dealkylation sites (N-methyl/N-ethyl adjacent to an activating group) is 1. The van der Waals surface area contributed by atoms with E-state index in [9.17, 15) is 14.7 Å². The lowest BCUT2D eigenvalue weighted by molar-refractivity contribution is 0.0343. The van der Waals surface area contributed by atoms with E-state index >= 15 is 0 Å². The summed E-state index contributed by atoms with van der Waals surface area (Å²) in [6.45, 7) is 5.35.